The van der Waals surface area contributed by atoms with E-state index in [2.05, 4.69) is 22.5 Å². The van der Waals surface area contributed by atoms with E-state index in [4.69, 9.17) is 14.2 Å². The summed E-state index contributed by atoms with van der Waals surface area (Å²) in [5.41, 5.74) is 0. The maximum atomic E-state index is 5.98. The van der Waals surface area contributed by atoms with Crippen LogP contribution in [0.2, 0.25) is 0 Å². The van der Waals surface area contributed by atoms with Crippen molar-refractivity contribution in [1.82, 2.24) is 10.6 Å². The lowest BCUT2D eigenvalue weighted by atomic mass is 9.98. The highest BCUT2D eigenvalue weighted by Crippen LogP contribution is 2.20. The molecule has 2 N–H and O–H groups in total. The summed E-state index contributed by atoms with van der Waals surface area (Å²) in [4.78, 5) is 4.64. The molecule has 2 aliphatic rings. The van der Waals surface area contributed by atoms with Gasteiger partial charge in [0.05, 0.1) is 6.10 Å². The fourth-order valence-electron chi connectivity index (χ4n) is 3.62. The molecule has 0 radical (unpaired) electrons. The molecule has 1 saturated carbocycles. The van der Waals surface area contributed by atoms with Gasteiger partial charge in [-0.2, -0.15) is 0 Å². The third-order valence-corrected chi connectivity index (χ3v) is 5.27. The molecule has 0 amide bonds. The molecule has 0 aromatic rings. The lowest BCUT2D eigenvalue weighted by Gasteiger charge is -2.22. The molecule has 2 fully saturated rings. The molecule has 2 rings (SSSR count). The van der Waals surface area contributed by atoms with Crippen LogP contribution in [0.25, 0.3) is 0 Å². The van der Waals surface area contributed by atoms with Crippen molar-refractivity contribution in [3.8, 4) is 0 Å². The predicted molar refractivity (Wildman–Crippen MR) is 110 cm³/mol. The van der Waals surface area contributed by atoms with Gasteiger partial charge in [0.15, 0.2) is 5.96 Å². The van der Waals surface area contributed by atoms with E-state index < -0.39 is 0 Å². The van der Waals surface area contributed by atoms with Crippen LogP contribution in [-0.2, 0) is 14.2 Å². The Morgan fingerprint density at radius 3 is 2.59 bits per heavy atom. The van der Waals surface area contributed by atoms with Crippen molar-refractivity contribution in [3.63, 3.8) is 0 Å². The number of nitrogens with zero attached hydrogens (tertiary/aromatic N) is 1. The summed E-state index contributed by atoms with van der Waals surface area (Å²) in [6.45, 7) is 8.95. The number of hydrogen-bond donors (Lipinski definition) is 2. The Balaban J connectivity index is 1.47. The minimum Gasteiger partial charge on any atom is -0.381 e. The summed E-state index contributed by atoms with van der Waals surface area (Å²) in [5.74, 6) is 1.58. The first kappa shape index (κ1) is 22.4. The molecule has 1 heterocycles. The number of rotatable bonds is 12. The normalized spacial score (nSPS) is 20.0. The van der Waals surface area contributed by atoms with E-state index in [1.807, 2.05) is 0 Å². The van der Waals surface area contributed by atoms with E-state index in [1.54, 1.807) is 0 Å². The maximum absolute atomic E-state index is 5.98. The van der Waals surface area contributed by atoms with Gasteiger partial charge in [-0.15, -0.1) is 0 Å². The quantitative estimate of drug-likeness (QED) is 0.308. The van der Waals surface area contributed by atoms with Gasteiger partial charge in [0.1, 0.15) is 0 Å². The molecule has 0 aromatic carbocycles. The number of aliphatic imine (C=N–C) groups is 1. The molecule has 1 saturated heterocycles. The third-order valence-electron chi connectivity index (χ3n) is 5.27. The van der Waals surface area contributed by atoms with Crippen LogP contribution in [0.15, 0.2) is 4.99 Å². The molecule has 0 aromatic heterocycles. The van der Waals surface area contributed by atoms with Gasteiger partial charge in [0.2, 0.25) is 0 Å². The van der Waals surface area contributed by atoms with Crippen molar-refractivity contribution in [2.75, 3.05) is 52.7 Å². The van der Waals surface area contributed by atoms with E-state index in [-0.39, 0.29) is 0 Å². The number of guanidine groups is 1. The molecule has 0 unspecified atom stereocenters. The van der Waals surface area contributed by atoms with Crippen molar-refractivity contribution in [3.05, 3.63) is 0 Å². The first-order valence-corrected chi connectivity index (χ1v) is 11.2. The highest BCUT2D eigenvalue weighted by atomic mass is 16.5. The molecule has 27 heavy (non-hydrogen) atoms. The fraction of sp³-hybridized carbons (Fsp3) is 0.952. The van der Waals surface area contributed by atoms with E-state index in [0.29, 0.717) is 12.0 Å². The monoisotopic (exact) mass is 383 g/mol. The van der Waals surface area contributed by atoms with Crippen molar-refractivity contribution >= 4 is 5.96 Å². The lowest BCUT2D eigenvalue weighted by molar-refractivity contribution is 0.0205. The van der Waals surface area contributed by atoms with E-state index in [1.165, 1.54) is 32.1 Å². The topological polar surface area (TPSA) is 64.1 Å². The van der Waals surface area contributed by atoms with E-state index >= 15 is 0 Å². The molecule has 6 nitrogen and oxygen atoms in total. The molecule has 0 atom stereocenters. The zero-order valence-corrected chi connectivity index (χ0v) is 17.3. The summed E-state index contributed by atoms with van der Waals surface area (Å²) in [7, 11) is 0. The molecule has 1 aliphatic heterocycles. The van der Waals surface area contributed by atoms with Gasteiger partial charge in [0, 0.05) is 52.7 Å². The Morgan fingerprint density at radius 2 is 1.81 bits per heavy atom. The maximum Gasteiger partial charge on any atom is 0.191 e. The second-order valence-electron chi connectivity index (χ2n) is 7.66. The fourth-order valence-corrected chi connectivity index (χ4v) is 3.62. The van der Waals surface area contributed by atoms with Gasteiger partial charge in [0.25, 0.3) is 0 Å². The summed E-state index contributed by atoms with van der Waals surface area (Å²) in [5, 5.41) is 6.71. The van der Waals surface area contributed by atoms with Crippen LogP contribution in [0.5, 0.6) is 0 Å². The summed E-state index contributed by atoms with van der Waals surface area (Å²) >= 11 is 0. The van der Waals surface area contributed by atoms with Crippen LogP contribution in [-0.4, -0.2) is 64.7 Å². The second-order valence-corrected chi connectivity index (χ2v) is 7.66. The molecule has 6 heteroatoms. The first-order valence-electron chi connectivity index (χ1n) is 11.2. The van der Waals surface area contributed by atoms with Gasteiger partial charge >= 0.3 is 0 Å². The Morgan fingerprint density at radius 1 is 1.00 bits per heavy atom. The Kier molecular flexibility index (Phi) is 12.6. The van der Waals surface area contributed by atoms with Crippen molar-refractivity contribution in [2.24, 2.45) is 10.9 Å². The average molecular weight is 384 g/mol. The molecular weight excluding hydrogens is 342 g/mol. The van der Waals surface area contributed by atoms with Crippen LogP contribution in [0.4, 0.5) is 0 Å². The standard InChI is InChI=1S/C21H41N3O3/c1-2-22-21(24-13-7-15-27-20-8-4-3-5-9-20)23-12-6-14-26-18-19-10-16-25-17-11-19/h19-20H,2-18H2,1H3,(H2,22,23,24). The first-order chi connectivity index (χ1) is 13.4. The lowest BCUT2D eigenvalue weighted by Crippen LogP contribution is -2.38. The smallest absolute Gasteiger partial charge is 0.191 e. The van der Waals surface area contributed by atoms with Crippen LogP contribution in [0.3, 0.4) is 0 Å². The second kappa shape index (κ2) is 15.1. The summed E-state index contributed by atoms with van der Waals surface area (Å²) < 4.78 is 17.2. The van der Waals surface area contributed by atoms with Gasteiger partial charge in [-0.1, -0.05) is 19.3 Å². The summed E-state index contributed by atoms with van der Waals surface area (Å²) in [6, 6.07) is 0. The Hall–Kier alpha value is -0.850. The number of hydrogen-bond acceptors (Lipinski definition) is 4. The van der Waals surface area contributed by atoms with E-state index in [9.17, 15) is 0 Å². The van der Waals surface area contributed by atoms with Gasteiger partial charge in [-0.3, -0.25) is 4.99 Å². The molecule has 0 bridgehead atoms. The largest absolute Gasteiger partial charge is 0.381 e. The van der Waals surface area contributed by atoms with Gasteiger partial charge in [-0.25, -0.2) is 0 Å². The minimum absolute atomic E-state index is 0.502. The minimum atomic E-state index is 0.502. The molecule has 1 aliphatic carbocycles. The predicted octanol–water partition coefficient (Wildman–Crippen LogP) is 3.11. The van der Waals surface area contributed by atoms with Crippen LogP contribution < -0.4 is 10.6 Å². The summed E-state index contributed by atoms with van der Waals surface area (Å²) in [6.07, 6.45) is 11.3. The van der Waals surface area contributed by atoms with Crippen molar-refractivity contribution < 1.29 is 14.2 Å². The average Bonchev–Trinajstić information content (AvgIpc) is 2.71. The zero-order chi connectivity index (χ0) is 19.0. The molecular formula is C21H41N3O3. The van der Waals surface area contributed by atoms with E-state index in [0.717, 1.165) is 84.3 Å². The SMILES string of the molecule is CCNC(=NCCCOCC1CCOCC1)NCCCOC1CCCCC1. The van der Waals surface area contributed by atoms with Crippen molar-refractivity contribution in [2.45, 2.75) is 70.8 Å². The van der Waals surface area contributed by atoms with Crippen molar-refractivity contribution in [1.29, 1.82) is 0 Å². The number of nitrogens with one attached hydrogen (secondary N) is 2. The zero-order valence-electron chi connectivity index (χ0n) is 17.3. The van der Waals surface area contributed by atoms with Crippen LogP contribution in [0, 0.1) is 5.92 Å². The third kappa shape index (κ3) is 10.9. The highest BCUT2D eigenvalue weighted by molar-refractivity contribution is 5.79. The number of ether oxygens (including phenoxy) is 3. The highest BCUT2D eigenvalue weighted by Gasteiger charge is 2.14. The Bertz CT molecular complexity index is 381. The van der Waals surface area contributed by atoms with Gasteiger partial charge in [-0.05, 0) is 51.4 Å². The molecule has 158 valence electrons. The van der Waals surface area contributed by atoms with Crippen LogP contribution in [0.1, 0.15) is 64.7 Å². The molecule has 0 spiro atoms. The van der Waals surface area contributed by atoms with Gasteiger partial charge < -0.3 is 24.8 Å². The Labute approximate surface area is 165 Å². The van der Waals surface area contributed by atoms with Crippen LogP contribution >= 0.6 is 0 Å².